The van der Waals surface area contributed by atoms with Gasteiger partial charge in [-0.15, -0.1) is 0 Å². The molecule has 18 nitrogen and oxygen atoms in total. The van der Waals surface area contributed by atoms with Gasteiger partial charge in [0.2, 0.25) is 0 Å². The molecule has 20 rings (SSSR count). The second-order valence-corrected chi connectivity index (χ2v) is 42.7. The highest BCUT2D eigenvalue weighted by molar-refractivity contribution is 6.32. The molecule has 752 valence electrons. The molecule has 4 fully saturated rings. The maximum absolute atomic E-state index is 15.7. The maximum Gasteiger partial charge on any atom is 0.165 e. The van der Waals surface area contributed by atoms with Crippen LogP contribution in [-0.4, -0.2) is 246 Å². The number of aliphatic hydroxyl groups excluding tert-OH is 2. The highest BCUT2D eigenvalue weighted by Gasteiger charge is 2.46. The lowest BCUT2D eigenvalue weighted by atomic mass is 9.87. The topological polar surface area (TPSA) is 166 Å². The maximum atomic E-state index is 15.7. The molecule has 8 aromatic carbocycles. The Morgan fingerprint density at radius 1 is 0.364 bits per heavy atom. The number of rotatable bonds is 32. The summed E-state index contributed by atoms with van der Waals surface area (Å²) in [6.07, 6.45) is 11.4. The predicted octanol–water partition coefficient (Wildman–Crippen LogP) is 23.1. The van der Waals surface area contributed by atoms with E-state index in [0.717, 1.165) is 214 Å². The quantitative estimate of drug-likeness (QED) is 0.0221. The number of fused-ring (bicyclic) bond motifs is 12. The van der Waals surface area contributed by atoms with E-state index < -0.39 is 58.9 Å². The zero-order valence-electron chi connectivity index (χ0n) is 84.0. The molecule has 0 saturated carbocycles. The van der Waals surface area contributed by atoms with Gasteiger partial charge < -0.3 is 49.1 Å². The molecule has 26 heteroatoms. The van der Waals surface area contributed by atoms with Gasteiger partial charge in [0, 0.05) is 204 Å². The van der Waals surface area contributed by atoms with Gasteiger partial charge in [0.15, 0.2) is 11.6 Å². The van der Waals surface area contributed by atoms with Gasteiger partial charge in [0.25, 0.3) is 0 Å². The van der Waals surface area contributed by atoms with Crippen LogP contribution in [0.3, 0.4) is 0 Å². The van der Waals surface area contributed by atoms with Crippen LogP contribution in [0.4, 0.5) is 30.7 Å². The molecule has 0 unspecified atom stereocenters. The molecule has 4 saturated heterocycles. The van der Waals surface area contributed by atoms with E-state index in [1.165, 1.54) is 71.8 Å². The number of likely N-dealkylation sites (tertiary alicyclic amines) is 4. The molecule has 10 atom stereocenters. The highest BCUT2D eigenvalue weighted by Crippen LogP contribution is 2.50. The van der Waals surface area contributed by atoms with E-state index in [0.29, 0.717) is 30.4 Å². The van der Waals surface area contributed by atoms with Crippen LogP contribution in [0.5, 0.6) is 23.0 Å². The summed E-state index contributed by atoms with van der Waals surface area (Å²) in [7, 11) is 0. The van der Waals surface area contributed by atoms with Crippen molar-refractivity contribution in [1.82, 2.24) is 59.1 Å². The second-order valence-electron chi connectivity index (χ2n) is 42.3. The van der Waals surface area contributed by atoms with Gasteiger partial charge in [-0.2, -0.15) is 0 Å². The number of aromatic nitrogens is 4. The Labute approximate surface area is 826 Å². The van der Waals surface area contributed by atoms with Crippen molar-refractivity contribution >= 4 is 55.2 Å². The first-order chi connectivity index (χ1) is 67.2. The second kappa shape index (κ2) is 44.0. The Bertz CT molecular complexity index is 5800. The average Bonchev–Trinajstić information content (AvgIpc) is 1.59. The molecule has 6 N–H and O–H groups in total. The summed E-state index contributed by atoms with van der Waals surface area (Å²) < 4.78 is 132. The van der Waals surface area contributed by atoms with Gasteiger partial charge in [-0.05, 0) is 229 Å². The Kier molecular flexibility index (Phi) is 32.0. The Morgan fingerprint density at radius 2 is 0.643 bits per heavy atom. The Morgan fingerprint density at radius 3 is 0.936 bits per heavy atom. The monoisotopic (exact) mass is 1950 g/mol. The van der Waals surface area contributed by atoms with E-state index in [2.05, 4.69) is 133 Å². The van der Waals surface area contributed by atoms with Crippen LogP contribution in [0.2, 0.25) is 5.02 Å². The lowest BCUT2D eigenvalue weighted by Crippen LogP contribution is -2.53. The number of hydrogen-bond acceptors (Lipinski definition) is 14. The molecule has 12 heterocycles. The minimum absolute atomic E-state index is 0.000104. The molecule has 0 aliphatic carbocycles. The summed E-state index contributed by atoms with van der Waals surface area (Å²) >= 11 is 6.78. The minimum Gasteiger partial charge on any atom is -0.488 e. The SMILES string of the molecule is CCCCN1CC(Oc2cc(F)c([C@@H]3c4[nH]c5ccccc5c4C[C@@H](C)N3C[C@@H](C)O)c(F)c2)C1.CCCCN1CC(Oc2cc(F)c([C@@H]3c4[nH]c5ccccc5c4C[C@@H](C)N3C[C@H](C)O)c(F)c2)C1.CCCCN1CC(Oc2ccc([C@@H]3c4[nH]c5ccccc5c4C[C@@H](C)N3CC(C)(C)F)cc2Cl)C1.CCCCN1CC(Oc2ccc([C@@H]3c4[nH]c5ccccc5c4C[C@@H](C)N3CC(C)(C)F)cc2F)C1. The number of aliphatic hydroxyl groups is 2. The molecule has 12 aromatic rings. The van der Waals surface area contributed by atoms with Crippen LogP contribution in [0.1, 0.15) is 240 Å². The summed E-state index contributed by atoms with van der Waals surface area (Å²) in [5, 5.41) is 25.6. The number of unbranched alkanes of at least 4 members (excludes halogenated alkanes) is 4. The summed E-state index contributed by atoms with van der Waals surface area (Å²) in [4.78, 5) is 31.9. The number of nitrogens with zero attached hydrogens (tertiary/aromatic N) is 8. The van der Waals surface area contributed by atoms with Crippen molar-refractivity contribution in [2.24, 2.45) is 0 Å². The normalized spacial score (nSPS) is 22.0. The van der Waals surface area contributed by atoms with E-state index >= 15 is 22.0 Å². The number of hydrogen-bond donors (Lipinski definition) is 6. The summed E-state index contributed by atoms with van der Waals surface area (Å²) in [6.45, 7) is 39.4. The smallest absolute Gasteiger partial charge is 0.165 e. The van der Waals surface area contributed by atoms with Crippen molar-refractivity contribution in [3.05, 3.63) is 259 Å². The van der Waals surface area contributed by atoms with Crippen LogP contribution in [0, 0.1) is 29.1 Å². The van der Waals surface area contributed by atoms with E-state index in [-0.39, 0.29) is 95.7 Å². The van der Waals surface area contributed by atoms with Crippen LogP contribution >= 0.6 is 11.6 Å². The molecule has 8 aliphatic rings. The molecule has 140 heavy (non-hydrogen) atoms. The first-order valence-corrected chi connectivity index (χ1v) is 51.8. The molecule has 8 aliphatic heterocycles. The third-order valence-electron chi connectivity index (χ3n) is 29.5. The largest absolute Gasteiger partial charge is 0.488 e. The first kappa shape index (κ1) is 102. The number of β-amino-alcohol motifs (C(OH)–C–C–N with tert-alkyl or cyclic N) is 2. The molecule has 4 aromatic heterocycles. The molecular formula is C114H144ClF7N12O6. The van der Waals surface area contributed by atoms with Crippen molar-refractivity contribution in [3.8, 4) is 23.0 Å². The summed E-state index contributed by atoms with van der Waals surface area (Å²) in [6, 6.07) is 47.9. The van der Waals surface area contributed by atoms with E-state index in [1.54, 1.807) is 53.7 Å². The molecular weight excluding hydrogens is 1800 g/mol. The van der Waals surface area contributed by atoms with Gasteiger partial charge in [0.05, 0.1) is 41.4 Å². The van der Waals surface area contributed by atoms with E-state index in [1.807, 2.05) is 103 Å². The fourth-order valence-corrected chi connectivity index (χ4v) is 22.9. The molecule has 0 spiro atoms. The lowest BCUT2D eigenvalue weighted by Gasteiger charge is -2.43. The van der Waals surface area contributed by atoms with Crippen molar-refractivity contribution in [1.29, 1.82) is 0 Å². The molecule has 0 radical (unpaired) electrons. The van der Waals surface area contributed by atoms with Gasteiger partial charge in [0.1, 0.15) is 76.3 Å². The fourth-order valence-electron chi connectivity index (χ4n) is 22.6. The Hall–Kier alpha value is -9.48. The Balaban J connectivity index is 0.000000129. The first-order valence-electron chi connectivity index (χ1n) is 51.4. The molecule has 0 amide bonds. The average molecular weight is 1950 g/mol. The van der Waals surface area contributed by atoms with Crippen LogP contribution in [0.15, 0.2) is 158 Å². The number of para-hydroxylation sites is 4. The minimum atomic E-state index is -1.37. The summed E-state index contributed by atoms with van der Waals surface area (Å²) in [5.41, 5.74) is 11.8. The van der Waals surface area contributed by atoms with Crippen molar-refractivity contribution in [2.75, 3.05) is 105 Å². The number of nitrogens with one attached hydrogen (secondary N) is 4. The predicted molar refractivity (Wildman–Crippen MR) is 547 cm³/mol. The third-order valence-corrected chi connectivity index (χ3v) is 29.8. The van der Waals surface area contributed by atoms with Gasteiger partial charge in [-0.1, -0.05) is 150 Å². The number of ether oxygens (including phenoxy) is 4. The van der Waals surface area contributed by atoms with Crippen molar-refractivity contribution in [3.63, 3.8) is 0 Å². The van der Waals surface area contributed by atoms with E-state index in [4.69, 9.17) is 30.5 Å². The number of alkyl halides is 2. The van der Waals surface area contributed by atoms with Crippen LogP contribution < -0.4 is 18.9 Å². The number of halogens is 8. The van der Waals surface area contributed by atoms with Gasteiger partial charge in [-0.25, -0.2) is 30.7 Å². The zero-order chi connectivity index (χ0) is 98.9. The fraction of sp³-hybridized carbons (Fsp3) is 0.509. The van der Waals surface area contributed by atoms with Gasteiger partial charge >= 0.3 is 0 Å². The summed E-state index contributed by atoms with van der Waals surface area (Å²) in [5.74, 6) is -1.37. The van der Waals surface area contributed by atoms with E-state index in [9.17, 15) is 19.0 Å². The number of aromatic amines is 4. The highest BCUT2D eigenvalue weighted by atomic mass is 35.5. The third kappa shape index (κ3) is 22.8. The number of H-pyrrole nitrogens is 4. The molecule has 0 bridgehead atoms. The van der Waals surface area contributed by atoms with Crippen LogP contribution in [-0.2, 0) is 25.7 Å². The standard InChI is InChI=1S/C29H37ClFN3O.C29H37F2N3O.2C28H35F2N3O2/c2*1-5-6-13-33-16-21(17-33)35-26-12-11-20(15-24(26)30)28-27-23(22-9-7-8-10-25(22)32-27)14-19(2)34(28)18-29(3,4)31;2*1-4-5-10-32-15-20(16-32)35-19-12-23(29)26(24(30)13-19)28-27-22(11-17(2)33(28)14-18(3)34)21-8-6-7-9-25(21)31-27/h2*7-12,15,19,21,28,32H,5-6,13-14,16-18H2,1-4H3;2*6-9,12-13,17-18,20,28,31,34H,4-5,10-11,14-16H2,1-3H3/t2*19-,28-;17-,18+,28-;17-,18-,28-/m1111/s1. The van der Waals surface area contributed by atoms with Crippen molar-refractivity contribution in [2.45, 2.75) is 270 Å². The van der Waals surface area contributed by atoms with Crippen molar-refractivity contribution < 1.29 is 59.9 Å². The zero-order valence-corrected chi connectivity index (χ0v) is 84.8. The van der Waals surface area contributed by atoms with Gasteiger partial charge in [-0.3, -0.25) is 39.2 Å². The van der Waals surface area contributed by atoms with Crippen LogP contribution in [0.25, 0.3) is 43.6 Å². The number of benzene rings is 8. The lowest BCUT2D eigenvalue weighted by molar-refractivity contribution is 0.0169.